The molecule has 0 N–H and O–H groups in total. The Labute approximate surface area is 189 Å². The Balaban J connectivity index is 1.67. The van der Waals surface area contributed by atoms with Crippen molar-refractivity contribution >= 4 is 28.3 Å². The quantitative estimate of drug-likeness (QED) is 0.461. The lowest BCUT2D eigenvalue weighted by Crippen LogP contribution is -2.24. The van der Waals surface area contributed by atoms with Gasteiger partial charge in [0.15, 0.2) is 0 Å². The average Bonchev–Trinajstić information content (AvgIpc) is 3.28. The number of hydrogen-bond donors (Lipinski definition) is 0. The van der Waals surface area contributed by atoms with E-state index in [1.165, 1.54) is 16.2 Å². The Morgan fingerprint density at radius 1 is 1.19 bits per heavy atom. The highest BCUT2D eigenvalue weighted by Crippen LogP contribution is 2.34. The fraction of sp³-hybridized carbons (Fsp3) is 0.250. The van der Waals surface area contributed by atoms with Crippen molar-refractivity contribution < 1.29 is 4.39 Å². The normalized spacial score (nSPS) is 16.1. The summed E-state index contributed by atoms with van der Waals surface area (Å²) in [5, 5.41) is 0.582. The first kappa shape index (κ1) is 20.6. The molecule has 1 atom stereocenters. The summed E-state index contributed by atoms with van der Waals surface area (Å²) < 4.78 is 16.3. The van der Waals surface area contributed by atoms with E-state index in [4.69, 9.17) is 16.6 Å². The largest absolute Gasteiger partial charge is 0.356 e. The molecular formula is C24H21ClFN5O. The van der Waals surface area contributed by atoms with Gasteiger partial charge in [0.2, 0.25) is 0 Å². The minimum Gasteiger partial charge on any atom is -0.356 e. The second-order valence-electron chi connectivity index (χ2n) is 8.09. The van der Waals surface area contributed by atoms with Crippen molar-refractivity contribution in [2.45, 2.75) is 19.3 Å². The first-order valence-electron chi connectivity index (χ1n) is 10.4. The Morgan fingerprint density at radius 3 is 2.78 bits per heavy atom. The van der Waals surface area contributed by atoms with Crippen LogP contribution in [0.5, 0.6) is 0 Å². The molecule has 0 saturated carbocycles. The number of hydrogen-bond acceptors (Lipinski definition) is 5. The van der Waals surface area contributed by atoms with Gasteiger partial charge in [0.1, 0.15) is 17.5 Å². The third-order valence-corrected chi connectivity index (χ3v) is 6.36. The van der Waals surface area contributed by atoms with E-state index < -0.39 is 5.82 Å². The molecule has 5 rings (SSSR count). The smallest absolute Gasteiger partial charge is 0.263 e. The molecule has 3 aromatic heterocycles. The highest BCUT2D eigenvalue weighted by Gasteiger charge is 2.27. The Hall–Kier alpha value is -3.32. The standard InChI is InChI=1S/C24H21ClFN5O/c1-14-28-20-11-21(31-9-7-16(13-31)15-4-3-8-27-12-15)29-23(22(20)24(32)30(14)2)18-6-5-17(25)10-19(18)26/h3-6,8,10-12,16H,7,9,13H2,1-2H3. The van der Waals surface area contributed by atoms with Crippen LogP contribution in [0.2, 0.25) is 5.02 Å². The molecular weight excluding hydrogens is 429 g/mol. The van der Waals surface area contributed by atoms with Crippen LogP contribution >= 0.6 is 11.6 Å². The molecule has 6 nitrogen and oxygen atoms in total. The lowest BCUT2D eigenvalue weighted by atomic mass is 10.0. The van der Waals surface area contributed by atoms with E-state index in [2.05, 4.69) is 20.9 Å². The van der Waals surface area contributed by atoms with Gasteiger partial charge in [-0.05, 0) is 43.2 Å². The Bertz CT molecular complexity index is 1390. The molecule has 0 amide bonds. The van der Waals surface area contributed by atoms with Crippen molar-refractivity contribution in [1.82, 2.24) is 19.5 Å². The summed E-state index contributed by atoms with van der Waals surface area (Å²) in [5.41, 5.74) is 1.94. The van der Waals surface area contributed by atoms with Crippen molar-refractivity contribution in [3.63, 3.8) is 0 Å². The molecule has 1 aliphatic rings. The molecule has 0 spiro atoms. The maximum absolute atomic E-state index is 14.9. The molecule has 1 fully saturated rings. The van der Waals surface area contributed by atoms with Gasteiger partial charge in [-0.2, -0.15) is 0 Å². The number of anilines is 1. The minimum atomic E-state index is -0.527. The van der Waals surface area contributed by atoms with Gasteiger partial charge in [-0.3, -0.25) is 14.3 Å². The summed E-state index contributed by atoms with van der Waals surface area (Å²) >= 11 is 5.96. The van der Waals surface area contributed by atoms with Crippen LogP contribution in [0, 0.1) is 12.7 Å². The molecule has 32 heavy (non-hydrogen) atoms. The summed E-state index contributed by atoms with van der Waals surface area (Å²) in [6, 6.07) is 10.2. The number of benzene rings is 1. The second kappa shape index (κ2) is 7.98. The van der Waals surface area contributed by atoms with Crippen molar-refractivity contribution in [3.8, 4) is 11.3 Å². The Kier molecular flexibility index (Phi) is 5.13. The van der Waals surface area contributed by atoms with E-state index in [0.29, 0.717) is 28.5 Å². The summed E-state index contributed by atoms with van der Waals surface area (Å²) in [7, 11) is 1.65. The van der Waals surface area contributed by atoms with Crippen LogP contribution in [0.3, 0.4) is 0 Å². The lowest BCUT2D eigenvalue weighted by Gasteiger charge is -2.20. The number of aryl methyl sites for hydroxylation is 1. The lowest BCUT2D eigenvalue weighted by molar-refractivity contribution is 0.631. The molecule has 0 aliphatic carbocycles. The maximum atomic E-state index is 14.9. The van der Waals surface area contributed by atoms with Crippen LogP contribution in [-0.4, -0.2) is 32.6 Å². The zero-order valence-corrected chi connectivity index (χ0v) is 18.5. The number of rotatable bonds is 3. The molecule has 162 valence electrons. The van der Waals surface area contributed by atoms with Gasteiger partial charge in [-0.15, -0.1) is 0 Å². The van der Waals surface area contributed by atoms with Crippen LogP contribution in [-0.2, 0) is 7.05 Å². The predicted octanol–water partition coefficient (Wildman–Crippen LogP) is 4.49. The van der Waals surface area contributed by atoms with Crippen LogP contribution in [0.25, 0.3) is 22.2 Å². The monoisotopic (exact) mass is 449 g/mol. The molecule has 1 saturated heterocycles. The summed E-state index contributed by atoms with van der Waals surface area (Å²) in [6.07, 6.45) is 4.62. The van der Waals surface area contributed by atoms with Gasteiger partial charge in [0.05, 0.1) is 16.6 Å². The van der Waals surface area contributed by atoms with Gasteiger partial charge in [0.25, 0.3) is 5.56 Å². The van der Waals surface area contributed by atoms with E-state index in [1.54, 1.807) is 32.3 Å². The van der Waals surface area contributed by atoms with Crippen molar-refractivity contribution in [1.29, 1.82) is 0 Å². The molecule has 1 aliphatic heterocycles. The van der Waals surface area contributed by atoms with Gasteiger partial charge in [-0.1, -0.05) is 17.7 Å². The van der Waals surface area contributed by atoms with E-state index in [0.717, 1.165) is 19.5 Å². The van der Waals surface area contributed by atoms with E-state index in [1.807, 2.05) is 18.3 Å². The number of halogens is 2. The maximum Gasteiger partial charge on any atom is 0.263 e. The average molecular weight is 450 g/mol. The SMILES string of the molecule is Cc1nc2cc(N3CCC(c4cccnc4)C3)nc(-c3ccc(Cl)cc3F)c2c(=O)n1C. The number of aromatic nitrogens is 4. The first-order valence-corrected chi connectivity index (χ1v) is 10.8. The van der Waals surface area contributed by atoms with Gasteiger partial charge < -0.3 is 4.90 Å². The van der Waals surface area contributed by atoms with Crippen molar-refractivity contribution in [2.24, 2.45) is 7.05 Å². The fourth-order valence-corrected chi connectivity index (χ4v) is 4.44. The van der Waals surface area contributed by atoms with Gasteiger partial charge in [0, 0.05) is 55.1 Å². The van der Waals surface area contributed by atoms with Crippen LogP contribution in [0.4, 0.5) is 10.2 Å². The van der Waals surface area contributed by atoms with Crippen LogP contribution < -0.4 is 10.5 Å². The van der Waals surface area contributed by atoms with Crippen molar-refractivity contribution in [3.05, 3.63) is 81.4 Å². The highest BCUT2D eigenvalue weighted by atomic mass is 35.5. The van der Waals surface area contributed by atoms with E-state index in [-0.39, 0.29) is 21.8 Å². The van der Waals surface area contributed by atoms with Gasteiger partial charge >= 0.3 is 0 Å². The summed E-state index contributed by atoms with van der Waals surface area (Å²) in [5.74, 6) is 1.06. The summed E-state index contributed by atoms with van der Waals surface area (Å²) in [4.78, 5) is 28.9. The predicted molar refractivity (Wildman–Crippen MR) is 124 cm³/mol. The molecule has 1 unspecified atom stereocenters. The van der Waals surface area contributed by atoms with E-state index in [9.17, 15) is 9.18 Å². The molecule has 8 heteroatoms. The Morgan fingerprint density at radius 2 is 2.03 bits per heavy atom. The van der Waals surface area contributed by atoms with Gasteiger partial charge in [-0.25, -0.2) is 14.4 Å². The number of nitrogens with zero attached hydrogens (tertiary/aromatic N) is 5. The number of pyridine rings is 2. The van der Waals surface area contributed by atoms with Crippen LogP contribution in [0.15, 0.2) is 53.6 Å². The molecule has 1 aromatic carbocycles. The molecule has 4 heterocycles. The van der Waals surface area contributed by atoms with Crippen LogP contribution in [0.1, 0.15) is 23.7 Å². The fourth-order valence-electron chi connectivity index (χ4n) is 4.28. The topological polar surface area (TPSA) is 63.9 Å². The molecule has 0 radical (unpaired) electrons. The zero-order valence-electron chi connectivity index (χ0n) is 17.7. The first-order chi connectivity index (χ1) is 15.4. The molecule has 0 bridgehead atoms. The van der Waals surface area contributed by atoms with E-state index >= 15 is 0 Å². The van der Waals surface area contributed by atoms with Crippen molar-refractivity contribution in [2.75, 3.05) is 18.0 Å². The minimum absolute atomic E-state index is 0.229. The third kappa shape index (κ3) is 3.52. The third-order valence-electron chi connectivity index (χ3n) is 6.13. The highest BCUT2D eigenvalue weighted by molar-refractivity contribution is 6.30. The second-order valence-corrected chi connectivity index (χ2v) is 8.52. The number of fused-ring (bicyclic) bond motifs is 1. The summed E-state index contributed by atoms with van der Waals surface area (Å²) in [6.45, 7) is 3.33. The molecule has 4 aromatic rings. The zero-order chi connectivity index (χ0) is 22.4.